The number of nitrogens with one attached hydrogen (secondary N) is 1. The predicted molar refractivity (Wildman–Crippen MR) is 81.5 cm³/mol. The van der Waals surface area contributed by atoms with Crippen LogP contribution in [0.5, 0.6) is 0 Å². The molecule has 2 rings (SSSR count). The molecule has 8 nitrogen and oxygen atoms in total. The fourth-order valence-electron chi connectivity index (χ4n) is 1.90. The molecular formula is C13H16BrN5O3. The summed E-state index contributed by atoms with van der Waals surface area (Å²) in [6, 6.07) is 0.608. The summed E-state index contributed by atoms with van der Waals surface area (Å²) in [7, 11) is 0. The molecule has 2 aromatic rings. The average molecular weight is 370 g/mol. The van der Waals surface area contributed by atoms with Crippen molar-refractivity contribution < 1.29 is 14.7 Å². The minimum absolute atomic E-state index is 0.233. The zero-order valence-electron chi connectivity index (χ0n) is 11.9. The van der Waals surface area contributed by atoms with Gasteiger partial charge in [0.1, 0.15) is 11.7 Å². The largest absolute Gasteiger partial charge is 0.480 e. The zero-order chi connectivity index (χ0) is 16.1. The van der Waals surface area contributed by atoms with Gasteiger partial charge in [0.2, 0.25) is 0 Å². The quantitative estimate of drug-likeness (QED) is 0.716. The Balaban J connectivity index is 1.85. The maximum Gasteiger partial charge on any atom is 0.328 e. The van der Waals surface area contributed by atoms with Gasteiger partial charge >= 0.3 is 5.97 Å². The highest BCUT2D eigenvalue weighted by Gasteiger charge is 2.20. The Morgan fingerprint density at radius 3 is 2.86 bits per heavy atom. The molecule has 0 fully saturated rings. The summed E-state index contributed by atoms with van der Waals surface area (Å²) in [6.45, 7) is 2.61. The number of carbonyl (C=O) groups excluding carboxylic acids is 1. The van der Waals surface area contributed by atoms with E-state index < -0.39 is 12.0 Å². The second kappa shape index (κ2) is 7.21. The Morgan fingerprint density at radius 1 is 1.45 bits per heavy atom. The van der Waals surface area contributed by atoms with Crippen LogP contribution < -0.4 is 5.32 Å². The lowest BCUT2D eigenvalue weighted by atomic mass is 10.3. The van der Waals surface area contributed by atoms with E-state index in [2.05, 4.69) is 31.4 Å². The normalized spacial score (nSPS) is 12.1. The molecule has 2 N–H and O–H groups in total. The molecule has 0 spiro atoms. The number of nitrogens with zero attached hydrogens (tertiary/aromatic N) is 4. The molecule has 0 aromatic carbocycles. The molecule has 2 aromatic heterocycles. The van der Waals surface area contributed by atoms with Crippen molar-refractivity contribution in [2.24, 2.45) is 0 Å². The van der Waals surface area contributed by atoms with Crippen molar-refractivity contribution in [1.82, 2.24) is 24.9 Å². The van der Waals surface area contributed by atoms with Crippen molar-refractivity contribution in [2.45, 2.75) is 25.9 Å². The van der Waals surface area contributed by atoms with E-state index in [-0.39, 0.29) is 11.6 Å². The minimum Gasteiger partial charge on any atom is -0.480 e. The third-order valence-electron chi connectivity index (χ3n) is 3.08. The Labute approximate surface area is 135 Å². The SMILES string of the molecule is CC(C(=O)O)n1nccc1C(=O)NCCCn1cc(Br)cn1. The van der Waals surface area contributed by atoms with E-state index in [1.54, 1.807) is 10.9 Å². The molecule has 9 heteroatoms. The molecule has 0 aliphatic heterocycles. The average Bonchev–Trinajstić information content (AvgIpc) is 3.11. The Hall–Kier alpha value is -2.16. The highest BCUT2D eigenvalue weighted by molar-refractivity contribution is 9.10. The van der Waals surface area contributed by atoms with Crippen LogP contribution in [0.2, 0.25) is 0 Å². The molecule has 1 atom stereocenters. The summed E-state index contributed by atoms with van der Waals surface area (Å²) in [5.41, 5.74) is 0.233. The molecule has 1 unspecified atom stereocenters. The number of carboxylic acids is 1. The predicted octanol–water partition coefficient (Wildman–Crippen LogP) is 1.31. The van der Waals surface area contributed by atoms with Crippen LogP contribution in [0, 0.1) is 0 Å². The molecular weight excluding hydrogens is 354 g/mol. The number of aliphatic carboxylic acids is 1. The van der Waals surface area contributed by atoms with Crippen LogP contribution in [0.1, 0.15) is 29.9 Å². The van der Waals surface area contributed by atoms with Gasteiger partial charge in [0.25, 0.3) is 5.91 Å². The van der Waals surface area contributed by atoms with Gasteiger partial charge in [-0.2, -0.15) is 10.2 Å². The first-order chi connectivity index (χ1) is 10.5. The van der Waals surface area contributed by atoms with E-state index in [4.69, 9.17) is 5.11 Å². The number of carboxylic acid groups (broad SMARTS) is 1. The van der Waals surface area contributed by atoms with E-state index >= 15 is 0 Å². The molecule has 118 valence electrons. The molecule has 0 saturated carbocycles. The number of rotatable bonds is 7. The highest BCUT2D eigenvalue weighted by atomic mass is 79.9. The van der Waals surface area contributed by atoms with Crippen molar-refractivity contribution in [2.75, 3.05) is 6.54 Å². The summed E-state index contributed by atoms with van der Waals surface area (Å²) >= 11 is 3.31. The van der Waals surface area contributed by atoms with Crippen molar-refractivity contribution >= 4 is 27.8 Å². The first-order valence-electron chi connectivity index (χ1n) is 6.71. The minimum atomic E-state index is -1.04. The smallest absolute Gasteiger partial charge is 0.328 e. The number of aromatic nitrogens is 4. The molecule has 0 saturated heterocycles. The molecule has 0 bridgehead atoms. The summed E-state index contributed by atoms with van der Waals surface area (Å²) in [4.78, 5) is 23.1. The topological polar surface area (TPSA) is 102 Å². The molecule has 2 heterocycles. The number of aryl methyl sites for hydroxylation is 1. The Morgan fingerprint density at radius 2 is 2.23 bits per heavy atom. The maximum absolute atomic E-state index is 12.1. The standard InChI is InChI=1S/C13H16BrN5O3/c1-9(13(21)22)19-11(3-5-16-19)12(20)15-4-2-6-18-8-10(14)7-17-18/h3,5,7-9H,2,4,6H2,1H3,(H,15,20)(H,21,22). The molecule has 0 aliphatic carbocycles. The van der Waals surface area contributed by atoms with E-state index in [0.717, 1.165) is 4.47 Å². The van der Waals surface area contributed by atoms with Crippen molar-refractivity contribution in [3.63, 3.8) is 0 Å². The lowest BCUT2D eigenvalue weighted by molar-refractivity contribution is -0.140. The lowest BCUT2D eigenvalue weighted by Gasteiger charge is -2.11. The van der Waals surface area contributed by atoms with Crippen LogP contribution in [0.25, 0.3) is 0 Å². The van der Waals surface area contributed by atoms with E-state index in [1.165, 1.54) is 23.9 Å². The second-order valence-electron chi connectivity index (χ2n) is 4.71. The summed E-state index contributed by atoms with van der Waals surface area (Å²) in [5, 5.41) is 19.8. The molecule has 0 aliphatic rings. The number of carbonyl (C=O) groups is 2. The van der Waals surface area contributed by atoms with E-state index in [1.807, 2.05) is 6.20 Å². The van der Waals surface area contributed by atoms with Crippen LogP contribution >= 0.6 is 15.9 Å². The third kappa shape index (κ3) is 3.94. The van der Waals surface area contributed by atoms with E-state index in [0.29, 0.717) is 19.5 Å². The molecule has 1 amide bonds. The van der Waals surface area contributed by atoms with Crippen LogP contribution in [0.3, 0.4) is 0 Å². The number of hydrogen-bond acceptors (Lipinski definition) is 4. The van der Waals surface area contributed by atoms with Crippen LogP contribution in [0.4, 0.5) is 0 Å². The second-order valence-corrected chi connectivity index (χ2v) is 5.62. The lowest BCUT2D eigenvalue weighted by Crippen LogP contribution is -2.30. The first-order valence-corrected chi connectivity index (χ1v) is 7.51. The van der Waals surface area contributed by atoms with Gasteiger partial charge in [0, 0.05) is 25.5 Å². The van der Waals surface area contributed by atoms with Gasteiger partial charge in [-0.25, -0.2) is 9.48 Å². The van der Waals surface area contributed by atoms with Gasteiger partial charge in [-0.1, -0.05) is 0 Å². The van der Waals surface area contributed by atoms with Crippen LogP contribution in [-0.4, -0.2) is 43.1 Å². The fourth-order valence-corrected chi connectivity index (χ4v) is 2.23. The van der Waals surface area contributed by atoms with Crippen LogP contribution in [0.15, 0.2) is 29.1 Å². The van der Waals surface area contributed by atoms with Crippen molar-refractivity contribution in [3.05, 3.63) is 34.8 Å². The van der Waals surface area contributed by atoms with Crippen molar-refractivity contribution in [3.8, 4) is 0 Å². The van der Waals surface area contributed by atoms with Gasteiger partial charge in [-0.05, 0) is 35.3 Å². The number of halogens is 1. The van der Waals surface area contributed by atoms with Gasteiger partial charge in [-0.3, -0.25) is 9.48 Å². The number of hydrogen-bond donors (Lipinski definition) is 2. The highest BCUT2D eigenvalue weighted by Crippen LogP contribution is 2.09. The Bertz CT molecular complexity index is 666. The fraction of sp³-hybridized carbons (Fsp3) is 0.385. The first kappa shape index (κ1) is 16.2. The summed E-state index contributed by atoms with van der Waals surface area (Å²) in [6.07, 6.45) is 5.67. The zero-order valence-corrected chi connectivity index (χ0v) is 13.5. The molecule has 22 heavy (non-hydrogen) atoms. The molecule has 0 radical (unpaired) electrons. The monoisotopic (exact) mass is 369 g/mol. The van der Waals surface area contributed by atoms with Gasteiger partial charge < -0.3 is 10.4 Å². The maximum atomic E-state index is 12.1. The summed E-state index contributed by atoms with van der Waals surface area (Å²) in [5.74, 6) is -1.38. The van der Waals surface area contributed by atoms with Gasteiger partial charge in [0.05, 0.1) is 10.7 Å². The van der Waals surface area contributed by atoms with Gasteiger partial charge in [0.15, 0.2) is 0 Å². The van der Waals surface area contributed by atoms with Gasteiger partial charge in [-0.15, -0.1) is 0 Å². The van der Waals surface area contributed by atoms with Crippen molar-refractivity contribution in [1.29, 1.82) is 0 Å². The summed E-state index contributed by atoms with van der Waals surface area (Å²) < 4.78 is 3.87. The van der Waals surface area contributed by atoms with E-state index in [9.17, 15) is 9.59 Å². The third-order valence-corrected chi connectivity index (χ3v) is 3.49. The Kier molecular flexibility index (Phi) is 5.31. The number of amides is 1. The van der Waals surface area contributed by atoms with Crippen LogP contribution in [-0.2, 0) is 11.3 Å².